The first-order chi connectivity index (χ1) is 13.8. The predicted molar refractivity (Wildman–Crippen MR) is 116 cm³/mol. The average Bonchev–Trinajstić information content (AvgIpc) is 2.68. The summed E-state index contributed by atoms with van der Waals surface area (Å²) >= 11 is 5.94. The summed E-state index contributed by atoms with van der Waals surface area (Å²) in [4.78, 5) is 18.9. The van der Waals surface area contributed by atoms with Crippen LogP contribution in [0.15, 0.2) is 42.6 Å². The molecule has 1 saturated heterocycles. The number of nitrogens with zero attached hydrogens (tertiary/aromatic N) is 3. The van der Waals surface area contributed by atoms with Crippen LogP contribution in [0.3, 0.4) is 0 Å². The van der Waals surface area contributed by atoms with Crippen molar-refractivity contribution in [1.82, 2.24) is 9.29 Å². The Hall–Kier alpha value is -2.16. The van der Waals surface area contributed by atoms with Crippen molar-refractivity contribution >= 4 is 39.0 Å². The number of rotatable bonds is 6. The van der Waals surface area contributed by atoms with E-state index in [1.165, 1.54) is 6.26 Å². The van der Waals surface area contributed by atoms with E-state index in [0.717, 1.165) is 31.7 Å². The molecule has 1 fully saturated rings. The molecule has 29 heavy (non-hydrogen) atoms. The van der Waals surface area contributed by atoms with E-state index in [2.05, 4.69) is 15.2 Å². The third kappa shape index (κ3) is 5.46. The highest BCUT2D eigenvalue weighted by Crippen LogP contribution is 2.23. The Kier molecular flexibility index (Phi) is 6.77. The van der Waals surface area contributed by atoms with Crippen LogP contribution in [0.5, 0.6) is 0 Å². The van der Waals surface area contributed by atoms with Crippen LogP contribution < -0.4 is 10.2 Å². The lowest BCUT2D eigenvalue weighted by molar-refractivity contribution is 0.102. The summed E-state index contributed by atoms with van der Waals surface area (Å²) in [6, 6.07) is 10.5. The van der Waals surface area contributed by atoms with Crippen LogP contribution in [0.2, 0.25) is 5.02 Å². The summed E-state index contributed by atoms with van der Waals surface area (Å²) in [5.41, 5.74) is 1.08. The molecule has 2 aromatic rings. The van der Waals surface area contributed by atoms with Crippen molar-refractivity contribution in [2.75, 3.05) is 36.1 Å². The molecular weight excluding hydrogens is 412 g/mol. The molecule has 0 radical (unpaired) electrons. The number of pyridine rings is 1. The number of nitrogens with one attached hydrogen (secondary N) is 1. The van der Waals surface area contributed by atoms with Crippen molar-refractivity contribution in [3.8, 4) is 0 Å². The summed E-state index contributed by atoms with van der Waals surface area (Å²) < 4.78 is 25.4. The van der Waals surface area contributed by atoms with E-state index in [0.29, 0.717) is 22.8 Å². The molecule has 1 aliphatic rings. The molecule has 1 amide bonds. The first-order valence-electron chi connectivity index (χ1n) is 9.52. The molecular formula is C20H25ClN4O3S. The van der Waals surface area contributed by atoms with E-state index in [-0.39, 0.29) is 11.9 Å². The molecule has 1 aromatic heterocycles. The fourth-order valence-corrected chi connectivity index (χ4v) is 5.04. The van der Waals surface area contributed by atoms with Gasteiger partial charge < -0.3 is 10.2 Å². The molecule has 156 valence electrons. The van der Waals surface area contributed by atoms with Crippen molar-refractivity contribution in [3.63, 3.8) is 0 Å². The number of halogens is 1. The average molecular weight is 437 g/mol. The van der Waals surface area contributed by atoms with E-state index in [4.69, 9.17) is 11.6 Å². The smallest absolute Gasteiger partial charge is 0.257 e. The van der Waals surface area contributed by atoms with Gasteiger partial charge in [-0.25, -0.2) is 13.4 Å². The molecule has 0 atom stereocenters. The lowest BCUT2D eigenvalue weighted by atomic mass is 10.0. The number of carbonyl (C=O) groups is 1. The minimum atomic E-state index is -3.19. The normalized spacial score (nSPS) is 15.5. The van der Waals surface area contributed by atoms with Gasteiger partial charge in [0, 0.05) is 42.6 Å². The molecule has 1 aromatic carbocycles. The van der Waals surface area contributed by atoms with E-state index >= 15 is 0 Å². The Morgan fingerprint density at radius 2 is 2.00 bits per heavy atom. The van der Waals surface area contributed by atoms with Crippen LogP contribution in [-0.4, -0.2) is 55.5 Å². The Morgan fingerprint density at radius 1 is 1.28 bits per heavy atom. The van der Waals surface area contributed by atoms with Gasteiger partial charge in [0.15, 0.2) is 0 Å². The van der Waals surface area contributed by atoms with Crippen molar-refractivity contribution in [2.24, 2.45) is 0 Å². The number of carbonyl (C=O) groups excluding carboxylic acids is 1. The van der Waals surface area contributed by atoms with E-state index in [9.17, 15) is 13.2 Å². The third-order valence-corrected chi connectivity index (χ3v) is 6.67. The van der Waals surface area contributed by atoms with Crippen LogP contribution in [0, 0.1) is 0 Å². The number of sulfonamides is 1. The number of benzene rings is 1. The zero-order valence-electron chi connectivity index (χ0n) is 16.5. The van der Waals surface area contributed by atoms with Crippen molar-refractivity contribution in [3.05, 3.63) is 53.2 Å². The molecule has 1 aliphatic heterocycles. The summed E-state index contributed by atoms with van der Waals surface area (Å²) in [5.74, 6) is 0.530. The molecule has 7 nitrogen and oxygen atoms in total. The van der Waals surface area contributed by atoms with Gasteiger partial charge in [-0.05, 0) is 43.2 Å². The lowest BCUT2D eigenvalue weighted by Crippen LogP contribution is -2.47. The first kappa shape index (κ1) is 21.5. The van der Waals surface area contributed by atoms with Gasteiger partial charge in [-0.2, -0.15) is 4.31 Å². The Labute approximate surface area is 176 Å². The highest BCUT2D eigenvalue weighted by molar-refractivity contribution is 7.88. The zero-order chi connectivity index (χ0) is 21.0. The third-order valence-electron chi connectivity index (χ3n) is 5.03. The van der Waals surface area contributed by atoms with Crippen LogP contribution >= 0.6 is 11.6 Å². The number of hydrogen-bond donors (Lipinski definition) is 1. The number of piperidine rings is 1. The number of hydrogen-bond acceptors (Lipinski definition) is 5. The standard InChI is InChI=1S/C20H25ClN4O3S/c1-3-25(29(2,27)28)18-9-11-24(12-10-18)19-8-7-15(14-22-19)20(26)23-17-6-4-5-16(21)13-17/h4-8,13-14,18H,3,9-12H2,1-2H3,(H,23,26). The summed E-state index contributed by atoms with van der Waals surface area (Å²) in [5, 5.41) is 3.35. The SMILES string of the molecule is CCN(C1CCN(c2ccc(C(=O)Nc3cccc(Cl)c3)cn2)CC1)S(C)(=O)=O. The van der Waals surface area contributed by atoms with Gasteiger partial charge in [-0.15, -0.1) is 0 Å². The monoisotopic (exact) mass is 436 g/mol. The second kappa shape index (κ2) is 9.11. The van der Waals surface area contributed by atoms with Gasteiger partial charge >= 0.3 is 0 Å². The molecule has 0 spiro atoms. The summed E-state index contributed by atoms with van der Waals surface area (Å²) in [7, 11) is -3.19. The number of aromatic nitrogens is 1. The second-order valence-corrected chi connectivity index (χ2v) is 9.43. The van der Waals surface area contributed by atoms with Gasteiger partial charge in [0.05, 0.1) is 11.8 Å². The molecule has 0 saturated carbocycles. The van der Waals surface area contributed by atoms with E-state index < -0.39 is 10.0 Å². The highest BCUT2D eigenvalue weighted by Gasteiger charge is 2.29. The van der Waals surface area contributed by atoms with Crippen molar-refractivity contribution in [1.29, 1.82) is 0 Å². The van der Waals surface area contributed by atoms with Crippen molar-refractivity contribution < 1.29 is 13.2 Å². The second-order valence-electron chi connectivity index (χ2n) is 7.05. The fraction of sp³-hybridized carbons (Fsp3) is 0.400. The largest absolute Gasteiger partial charge is 0.357 e. The Morgan fingerprint density at radius 3 is 2.55 bits per heavy atom. The van der Waals surface area contributed by atoms with Crippen LogP contribution in [-0.2, 0) is 10.0 Å². The van der Waals surface area contributed by atoms with E-state index in [1.54, 1.807) is 40.8 Å². The van der Waals surface area contributed by atoms with Crippen LogP contribution in [0.1, 0.15) is 30.1 Å². The van der Waals surface area contributed by atoms with Crippen molar-refractivity contribution in [2.45, 2.75) is 25.8 Å². The molecule has 9 heteroatoms. The zero-order valence-corrected chi connectivity index (χ0v) is 18.1. The Bertz CT molecular complexity index is 958. The molecule has 0 aliphatic carbocycles. The number of anilines is 2. The van der Waals surface area contributed by atoms with E-state index in [1.807, 2.05) is 13.0 Å². The molecule has 3 rings (SSSR count). The molecule has 2 heterocycles. The van der Waals surface area contributed by atoms with Crippen LogP contribution in [0.25, 0.3) is 0 Å². The van der Waals surface area contributed by atoms with Gasteiger partial charge in [0.25, 0.3) is 5.91 Å². The van der Waals surface area contributed by atoms with Gasteiger partial charge in [0.2, 0.25) is 10.0 Å². The first-order valence-corrected chi connectivity index (χ1v) is 11.8. The minimum absolute atomic E-state index is 0.0222. The predicted octanol–water partition coefficient (Wildman–Crippen LogP) is 3.24. The van der Waals surface area contributed by atoms with Crippen LogP contribution in [0.4, 0.5) is 11.5 Å². The highest BCUT2D eigenvalue weighted by atomic mass is 35.5. The summed E-state index contributed by atoms with van der Waals surface area (Å²) in [6.45, 7) is 3.79. The van der Waals surface area contributed by atoms with Gasteiger partial charge in [0.1, 0.15) is 5.82 Å². The maximum absolute atomic E-state index is 12.4. The Balaban J connectivity index is 1.60. The molecule has 0 bridgehead atoms. The van der Waals surface area contributed by atoms with Gasteiger partial charge in [-0.3, -0.25) is 4.79 Å². The maximum Gasteiger partial charge on any atom is 0.257 e. The fourth-order valence-electron chi connectivity index (χ4n) is 3.62. The molecule has 1 N–H and O–H groups in total. The topological polar surface area (TPSA) is 82.6 Å². The maximum atomic E-state index is 12.4. The molecule has 0 unspecified atom stereocenters. The minimum Gasteiger partial charge on any atom is -0.357 e. The lowest BCUT2D eigenvalue weighted by Gasteiger charge is -2.37. The van der Waals surface area contributed by atoms with Gasteiger partial charge in [-0.1, -0.05) is 24.6 Å². The number of amides is 1. The quantitative estimate of drug-likeness (QED) is 0.751. The summed E-state index contributed by atoms with van der Waals surface area (Å²) in [6.07, 6.45) is 4.31.